The maximum atomic E-state index is 15.4. The molecule has 5 rings (SSSR count). The molecule has 1 atom stereocenters. The third-order valence-electron chi connectivity index (χ3n) is 6.39. The Bertz CT molecular complexity index is 1330. The van der Waals surface area contributed by atoms with Gasteiger partial charge in [0.15, 0.2) is 17.0 Å². The van der Waals surface area contributed by atoms with E-state index in [1.165, 1.54) is 12.3 Å². The number of hydrogen-bond donors (Lipinski definition) is 1. The first kappa shape index (κ1) is 22.1. The average molecular weight is 464 g/mol. The monoisotopic (exact) mass is 463 g/mol. The molecule has 3 aromatic rings. The normalized spacial score (nSPS) is 18.3. The van der Waals surface area contributed by atoms with Crippen molar-refractivity contribution in [2.75, 3.05) is 44.7 Å². The smallest absolute Gasteiger partial charge is 0.271 e. The van der Waals surface area contributed by atoms with Gasteiger partial charge in [0, 0.05) is 37.9 Å². The number of nitrogens with zero attached hydrogens (tertiary/aromatic N) is 4. The fourth-order valence-electron chi connectivity index (χ4n) is 4.46. The van der Waals surface area contributed by atoms with Crippen LogP contribution in [0, 0.1) is 5.82 Å². The Balaban J connectivity index is 1.54. The van der Waals surface area contributed by atoms with E-state index in [9.17, 15) is 9.59 Å². The molecule has 3 heterocycles. The van der Waals surface area contributed by atoms with Crippen LogP contribution in [0.5, 0.6) is 5.75 Å². The molecule has 2 aliphatic rings. The Morgan fingerprint density at radius 3 is 2.68 bits per heavy atom. The Labute approximate surface area is 196 Å². The summed E-state index contributed by atoms with van der Waals surface area (Å²) in [6.07, 6.45) is 3.01. The second-order valence-corrected chi connectivity index (χ2v) is 8.77. The number of hydrogen-bond acceptors (Lipinski definition) is 6. The minimum absolute atomic E-state index is 0.0625. The summed E-state index contributed by atoms with van der Waals surface area (Å²) in [7, 11) is 2.04. The van der Waals surface area contributed by atoms with Crippen molar-refractivity contribution >= 4 is 28.7 Å². The highest BCUT2D eigenvalue weighted by atomic mass is 19.1. The predicted molar refractivity (Wildman–Crippen MR) is 130 cm³/mol. The van der Waals surface area contributed by atoms with Gasteiger partial charge in [-0.2, -0.15) is 5.10 Å². The number of pyridine rings is 1. The zero-order valence-electron chi connectivity index (χ0n) is 19.1. The number of piperazine rings is 1. The summed E-state index contributed by atoms with van der Waals surface area (Å²) in [6.45, 7) is 5.34. The molecule has 34 heavy (non-hydrogen) atoms. The lowest BCUT2D eigenvalue weighted by Crippen LogP contribution is -2.45. The molecule has 9 heteroatoms. The molecule has 0 bridgehead atoms. The molecular weight excluding hydrogens is 437 g/mol. The van der Waals surface area contributed by atoms with Crippen LogP contribution in [-0.4, -0.2) is 61.4 Å². The molecule has 1 saturated heterocycles. The van der Waals surface area contributed by atoms with E-state index in [0.717, 1.165) is 13.1 Å². The van der Waals surface area contributed by atoms with E-state index in [1.54, 1.807) is 30.5 Å². The molecule has 0 spiro atoms. The van der Waals surface area contributed by atoms with Gasteiger partial charge in [-0.3, -0.25) is 9.59 Å². The number of nitrogens with one attached hydrogen (secondary N) is 1. The van der Waals surface area contributed by atoms with Gasteiger partial charge in [-0.25, -0.2) is 9.82 Å². The topological polar surface area (TPSA) is 79.2 Å². The quantitative estimate of drug-likeness (QED) is 0.475. The van der Waals surface area contributed by atoms with Crippen molar-refractivity contribution < 1.29 is 13.9 Å². The van der Waals surface area contributed by atoms with Crippen molar-refractivity contribution in [3.63, 3.8) is 0 Å². The molecule has 2 aliphatic heterocycles. The summed E-state index contributed by atoms with van der Waals surface area (Å²) in [5.41, 5.74) is 3.78. The zero-order chi connectivity index (χ0) is 23.8. The van der Waals surface area contributed by atoms with Crippen molar-refractivity contribution in [3.8, 4) is 5.75 Å². The maximum absolute atomic E-state index is 15.4. The third kappa shape index (κ3) is 3.92. The van der Waals surface area contributed by atoms with E-state index in [-0.39, 0.29) is 28.3 Å². The minimum atomic E-state index is -0.475. The molecule has 0 radical (unpaired) electrons. The molecule has 2 aromatic carbocycles. The standard InChI is InChI=1S/C25H26FN5O3/c1-16-15-34-24-21-19(12-20(26)22(24)30-10-8-29(2)9-11-30)23(32)18(14-31(16)21)13-27-28-25(33)17-6-4-3-5-7-17/h3-7,12-14,16H,8-11,15H2,1-2H3,(H,28,33)/b27-13+. The summed E-state index contributed by atoms with van der Waals surface area (Å²) >= 11 is 0. The summed E-state index contributed by atoms with van der Waals surface area (Å²) in [5, 5.41) is 4.20. The lowest BCUT2D eigenvalue weighted by atomic mass is 10.1. The van der Waals surface area contributed by atoms with Gasteiger partial charge in [-0.15, -0.1) is 0 Å². The third-order valence-corrected chi connectivity index (χ3v) is 6.39. The average Bonchev–Trinajstić information content (AvgIpc) is 2.84. The highest BCUT2D eigenvalue weighted by molar-refractivity contribution is 5.97. The van der Waals surface area contributed by atoms with Gasteiger partial charge in [-0.05, 0) is 32.2 Å². The number of hydrazone groups is 1. The first-order chi connectivity index (χ1) is 16.4. The molecule has 1 amide bonds. The molecular formula is C25H26FN5O3. The molecule has 1 fully saturated rings. The number of ether oxygens (including phenoxy) is 1. The van der Waals surface area contributed by atoms with Crippen LogP contribution >= 0.6 is 0 Å². The van der Waals surface area contributed by atoms with Gasteiger partial charge in [0.05, 0.1) is 28.7 Å². The van der Waals surface area contributed by atoms with E-state index < -0.39 is 5.82 Å². The minimum Gasteiger partial charge on any atom is -0.487 e. The second-order valence-electron chi connectivity index (χ2n) is 8.77. The fraction of sp³-hybridized carbons (Fsp3) is 0.320. The van der Waals surface area contributed by atoms with Crippen LogP contribution in [0.1, 0.15) is 28.9 Å². The SMILES string of the molecule is CC1COc2c(N3CCN(C)CC3)c(F)cc3c(=O)c(/C=N/NC(=O)c4ccccc4)cn1c23. The van der Waals surface area contributed by atoms with Crippen LogP contribution in [0.2, 0.25) is 0 Å². The van der Waals surface area contributed by atoms with Crippen molar-refractivity contribution in [3.05, 3.63) is 69.8 Å². The van der Waals surface area contributed by atoms with Gasteiger partial charge in [-0.1, -0.05) is 18.2 Å². The molecule has 1 aromatic heterocycles. The summed E-state index contributed by atoms with van der Waals surface area (Å²) in [6, 6.07) is 9.90. The lowest BCUT2D eigenvalue weighted by Gasteiger charge is -2.37. The van der Waals surface area contributed by atoms with Gasteiger partial charge in [0.25, 0.3) is 5.91 Å². The van der Waals surface area contributed by atoms with Crippen molar-refractivity contribution in [1.29, 1.82) is 0 Å². The molecule has 176 valence electrons. The van der Waals surface area contributed by atoms with Crippen LogP contribution in [0.25, 0.3) is 10.9 Å². The van der Waals surface area contributed by atoms with Crippen molar-refractivity contribution in [2.45, 2.75) is 13.0 Å². The summed E-state index contributed by atoms with van der Waals surface area (Å²) < 4.78 is 23.3. The number of amides is 1. The van der Waals surface area contributed by atoms with E-state index in [0.29, 0.717) is 42.2 Å². The van der Waals surface area contributed by atoms with Crippen LogP contribution < -0.4 is 20.5 Å². The maximum Gasteiger partial charge on any atom is 0.271 e. The van der Waals surface area contributed by atoms with Crippen molar-refractivity contribution in [2.24, 2.45) is 5.10 Å². The van der Waals surface area contributed by atoms with Gasteiger partial charge >= 0.3 is 0 Å². The second kappa shape index (κ2) is 8.90. The number of carbonyl (C=O) groups excluding carboxylic acids is 1. The highest BCUT2D eigenvalue weighted by Crippen LogP contribution is 2.41. The Hall–Kier alpha value is -3.72. The molecule has 0 aliphatic carbocycles. The molecule has 1 N–H and O–H groups in total. The Kier molecular flexibility index (Phi) is 5.79. The van der Waals surface area contributed by atoms with Gasteiger partial charge in [0.1, 0.15) is 12.3 Å². The summed E-state index contributed by atoms with van der Waals surface area (Å²) in [4.78, 5) is 29.7. The number of aromatic nitrogens is 1. The Morgan fingerprint density at radius 2 is 1.94 bits per heavy atom. The van der Waals surface area contributed by atoms with E-state index >= 15 is 4.39 Å². The lowest BCUT2D eigenvalue weighted by molar-refractivity contribution is 0.0955. The first-order valence-corrected chi connectivity index (χ1v) is 11.3. The van der Waals surface area contributed by atoms with Gasteiger partial charge in [0.2, 0.25) is 0 Å². The van der Waals surface area contributed by atoms with Crippen molar-refractivity contribution in [1.82, 2.24) is 14.9 Å². The number of anilines is 1. The Morgan fingerprint density at radius 1 is 1.21 bits per heavy atom. The highest BCUT2D eigenvalue weighted by Gasteiger charge is 2.30. The largest absolute Gasteiger partial charge is 0.487 e. The van der Waals surface area contributed by atoms with E-state index in [1.807, 2.05) is 29.5 Å². The number of likely N-dealkylation sites (N-methyl/N-ethyl adjacent to an activating group) is 1. The van der Waals surface area contributed by atoms with E-state index in [2.05, 4.69) is 15.4 Å². The molecule has 1 unspecified atom stereocenters. The van der Waals surface area contributed by atoms with E-state index in [4.69, 9.17) is 4.74 Å². The molecule has 8 nitrogen and oxygen atoms in total. The predicted octanol–water partition coefficient (Wildman–Crippen LogP) is 2.61. The van der Waals surface area contributed by atoms with Crippen LogP contribution in [0.4, 0.5) is 10.1 Å². The zero-order valence-corrected chi connectivity index (χ0v) is 19.1. The number of benzene rings is 2. The number of carbonyl (C=O) groups is 1. The number of halogens is 1. The first-order valence-electron chi connectivity index (χ1n) is 11.3. The molecule has 0 saturated carbocycles. The van der Waals surface area contributed by atoms with Crippen LogP contribution in [-0.2, 0) is 0 Å². The van der Waals surface area contributed by atoms with Crippen LogP contribution in [0.15, 0.2) is 52.5 Å². The summed E-state index contributed by atoms with van der Waals surface area (Å²) in [5.74, 6) is -0.446. The van der Waals surface area contributed by atoms with Crippen LogP contribution in [0.3, 0.4) is 0 Å². The number of rotatable bonds is 4. The fourth-order valence-corrected chi connectivity index (χ4v) is 4.46. The van der Waals surface area contributed by atoms with Gasteiger partial charge < -0.3 is 19.1 Å².